The van der Waals surface area contributed by atoms with Gasteiger partial charge in [0.15, 0.2) is 11.6 Å². The summed E-state index contributed by atoms with van der Waals surface area (Å²) in [6, 6.07) is 4.39. The molecule has 0 spiro atoms. The maximum atomic E-state index is 13.4. The molecule has 0 bridgehead atoms. The summed E-state index contributed by atoms with van der Waals surface area (Å²) in [5.41, 5.74) is 3.00. The zero-order chi connectivity index (χ0) is 11.4. The SMILES string of the molecule is OCc1ccc(OCc2cscn2)c(F)c1. The molecule has 3 nitrogen and oxygen atoms in total. The molecule has 0 amide bonds. The van der Waals surface area contributed by atoms with Gasteiger partial charge in [-0.2, -0.15) is 0 Å². The van der Waals surface area contributed by atoms with Crippen LogP contribution >= 0.6 is 11.3 Å². The summed E-state index contributed by atoms with van der Waals surface area (Å²) < 4.78 is 18.7. The first-order valence-electron chi connectivity index (χ1n) is 4.69. The van der Waals surface area contributed by atoms with Crippen LogP contribution < -0.4 is 4.74 Å². The van der Waals surface area contributed by atoms with Gasteiger partial charge < -0.3 is 9.84 Å². The Bertz CT molecular complexity index is 459. The minimum atomic E-state index is -0.471. The lowest BCUT2D eigenvalue weighted by Gasteiger charge is -2.06. The third-order valence-corrected chi connectivity index (χ3v) is 2.67. The number of thiazole rings is 1. The molecule has 0 aliphatic rings. The monoisotopic (exact) mass is 239 g/mol. The minimum absolute atomic E-state index is 0.171. The van der Waals surface area contributed by atoms with E-state index in [4.69, 9.17) is 9.84 Å². The Morgan fingerprint density at radius 2 is 2.31 bits per heavy atom. The number of ether oxygens (including phenoxy) is 1. The fourth-order valence-corrected chi connectivity index (χ4v) is 1.76. The summed E-state index contributed by atoms with van der Waals surface area (Å²) >= 11 is 1.47. The maximum Gasteiger partial charge on any atom is 0.165 e. The second-order valence-corrected chi connectivity index (χ2v) is 3.91. The van der Waals surface area contributed by atoms with Crippen LogP contribution in [0.4, 0.5) is 4.39 Å². The van der Waals surface area contributed by atoms with Crippen molar-refractivity contribution in [2.45, 2.75) is 13.2 Å². The van der Waals surface area contributed by atoms with Crippen LogP contribution in [0.2, 0.25) is 0 Å². The number of aliphatic hydroxyl groups excluding tert-OH is 1. The second-order valence-electron chi connectivity index (χ2n) is 3.19. The van der Waals surface area contributed by atoms with Gasteiger partial charge in [-0.3, -0.25) is 0 Å². The predicted molar refractivity (Wildman–Crippen MR) is 58.8 cm³/mol. The molecular formula is C11H10FNO2S. The number of hydrogen-bond acceptors (Lipinski definition) is 4. The van der Waals surface area contributed by atoms with Gasteiger partial charge in [0.25, 0.3) is 0 Å². The quantitative estimate of drug-likeness (QED) is 0.890. The zero-order valence-electron chi connectivity index (χ0n) is 8.39. The van der Waals surface area contributed by atoms with Crippen molar-refractivity contribution in [3.8, 4) is 5.75 Å². The third kappa shape index (κ3) is 2.56. The Morgan fingerprint density at radius 1 is 1.44 bits per heavy atom. The van der Waals surface area contributed by atoms with E-state index in [1.54, 1.807) is 11.6 Å². The van der Waals surface area contributed by atoms with E-state index in [0.29, 0.717) is 5.56 Å². The van der Waals surface area contributed by atoms with E-state index in [-0.39, 0.29) is 19.0 Å². The smallest absolute Gasteiger partial charge is 0.165 e. The fraction of sp³-hybridized carbons (Fsp3) is 0.182. The van der Waals surface area contributed by atoms with Gasteiger partial charge in [0.1, 0.15) is 6.61 Å². The van der Waals surface area contributed by atoms with E-state index in [2.05, 4.69) is 4.98 Å². The highest BCUT2D eigenvalue weighted by Crippen LogP contribution is 2.19. The number of aliphatic hydroxyl groups is 1. The molecule has 1 aromatic heterocycles. The molecule has 0 fully saturated rings. The highest BCUT2D eigenvalue weighted by atomic mass is 32.1. The molecular weight excluding hydrogens is 229 g/mol. The summed E-state index contributed by atoms with van der Waals surface area (Å²) in [7, 11) is 0. The second kappa shape index (κ2) is 5.05. The van der Waals surface area contributed by atoms with Crippen LogP contribution in [0, 0.1) is 5.82 Å². The summed E-state index contributed by atoms with van der Waals surface area (Å²) in [5.74, 6) is -0.299. The molecule has 84 valence electrons. The van der Waals surface area contributed by atoms with Gasteiger partial charge in [0.2, 0.25) is 0 Å². The minimum Gasteiger partial charge on any atom is -0.484 e. The lowest BCUT2D eigenvalue weighted by Crippen LogP contribution is -1.98. The van der Waals surface area contributed by atoms with Gasteiger partial charge in [-0.15, -0.1) is 11.3 Å². The molecule has 16 heavy (non-hydrogen) atoms. The first kappa shape index (κ1) is 11.0. The first-order valence-corrected chi connectivity index (χ1v) is 5.63. The number of rotatable bonds is 4. The molecule has 0 radical (unpaired) electrons. The van der Waals surface area contributed by atoms with E-state index >= 15 is 0 Å². The molecule has 0 saturated heterocycles. The van der Waals surface area contributed by atoms with Crippen LogP contribution in [-0.2, 0) is 13.2 Å². The fourth-order valence-electron chi connectivity index (χ4n) is 1.22. The van der Waals surface area contributed by atoms with Crippen molar-refractivity contribution < 1.29 is 14.2 Å². The maximum absolute atomic E-state index is 13.4. The highest BCUT2D eigenvalue weighted by molar-refractivity contribution is 7.07. The van der Waals surface area contributed by atoms with E-state index in [1.807, 2.05) is 5.38 Å². The first-order chi connectivity index (χ1) is 7.79. The number of aromatic nitrogens is 1. The van der Waals surface area contributed by atoms with Crippen LogP contribution in [0.5, 0.6) is 5.75 Å². The average molecular weight is 239 g/mol. The van der Waals surface area contributed by atoms with Crippen molar-refractivity contribution in [2.24, 2.45) is 0 Å². The van der Waals surface area contributed by atoms with Gasteiger partial charge in [-0.1, -0.05) is 6.07 Å². The molecule has 1 heterocycles. The molecule has 2 aromatic rings. The van der Waals surface area contributed by atoms with Crippen LogP contribution in [0.1, 0.15) is 11.3 Å². The lowest BCUT2D eigenvalue weighted by atomic mass is 10.2. The number of halogens is 1. The Hall–Kier alpha value is -1.46. The molecule has 1 N–H and O–H groups in total. The molecule has 5 heteroatoms. The molecule has 0 atom stereocenters. The predicted octanol–water partition coefficient (Wildman–Crippen LogP) is 2.35. The number of benzene rings is 1. The van der Waals surface area contributed by atoms with Crippen LogP contribution in [0.15, 0.2) is 29.1 Å². The lowest BCUT2D eigenvalue weighted by molar-refractivity contribution is 0.275. The Kier molecular flexibility index (Phi) is 3.48. The van der Waals surface area contributed by atoms with Gasteiger partial charge in [0.05, 0.1) is 17.8 Å². The van der Waals surface area contributed by atoms with Gasteiger partial charge in [-0.25, -0.2) is 9.37 Å². The van der Waals surface area contributed by atoms with E-state index in [9.17, 15) is 4.39 Å². The molecule has 0 unspecified atom stereocenters. The third-order valence-electron chi connectivity index (χ3n) is 2.04. The average Bonchev–Trinajstić information content (AvgIpc) is 2.80. The van der Waals surface area contributed by atoms with Crippen LogP contribution in [-0.4, -0.2) is 10.1 Å². The summed E-state index contributed by atoms with van der Waals surface area (Å²) in [5, 5.41) is 10.7. The standard InChI is InChI=1S/C11H10FNO2S/c12-10-3-8(4-14)1-2-11(10)15-5-9-6-16-7-13-9/h1-3,6-7,14H,4-5H2. The number of hydrogen-bond donors (Lipinski definition) is 1. The van der Waals surface area contributed by atoms with Crippen molar-refractivity contribution in [3.05, 3.63) is 46.2 Å². The highest BCUT2D eigenvalue weighted by Gasteiger charge is 2.05. The van der Waals surface area contributed by atoms with E-state index in [0.717, 1.165) is 5.69 Å². The van der Waals surface area contributed by atoms with Gasteiger partial charge in [-0.05, 0) is 17.7 Å². The van der Waals surface area contributed by atoms with Crippen molar-refractivity contribution in [1.29, 1.82) is 0 Å². The Balaban J connectivity index is 2.04. The Labute approximate surface area is 96.2 Å². The molecule has 0 aliphatic heterocycles. The van der Waals surface area contributed by atoms with Crippen LogP contribution in [0.3, 0.4) is 0 Å². The number of nitrogens with zero attached hydrogens (tertiary/aromatic N) is 1. The van der Waals surface area contributed by atoms with Gasteiger partial charge >= 0.3 is 0 Å². The topological polar surface area (TPSA) is 42.4 Å². The van der Waals surface area contributed by atoms with Crippen molar-refractivity contribution in [3.63, 3.8) is 0 Å². The normalized spacial score (nSPS) is 10.4. The zero-order valence-corrected chi connectivity index (χ0v) is 9.21. The van der Waals surface area contributed by atoms with E-state index < -0.39 is 5.82 Å². The molecule has 1 aromatic carbocycles. The van der Waals surface area contributed by atoms with Crippen molar-refractivity contribution in [2.75, 3.05) is 0 Å². The summed E-state index contributed by atoms with van der Waals surface area (Å²) in [6.45, 7) is 0.0716. The van der Waals surface area contributed by atoms with Crippen LogP contribution in [0.25, 0.3) is 0 Å². The molecule has 0 aliphatic carbocycles. The van der Waals surface area contributed by atoms with Crippen molar-refractivity contribution >= 4 is 11.3 Å². The molecule has 2 rings (SSSR count). The summed E-state index contributed by atoms with van der Waals surface area (Å²) in [6.07, 6.45) is 0. The van der Waals surface area contributed by atoms with E-state index in [1.165, 1.54) is 23.5 Å². The Morgan fingerprint density at radius 3 is 2.94 bits per heavy atom. The molecule has 0 saturated carbocycles. The van der Waals surface area contributed by atoms with Crippen molar-refractivity contribution in [1.82, 2.24) is 4.98 Å². The summed E-state index contributed by atoms with van der Waals surface area (Å²) in [4.78, 5) is 4.03. The largest absolute Gasteiger partial charge is 0.484 e. The van der Waals surface area contributed by atoms with Gasteiger partial charge in [0, 0.05) is 5.38 Å².